The summed E-state index contributed by atoms with van der Waals surface area (Å²) in [6.07, 6.45) is 5.18. The fourth-order valence-corrected chi connectivity index (χ4v) is 3.72. The van der Waals surface area contributed by atoms with Crippen molar-refractivity contribution >= 4 is 28.7 Å². The number of alkyl halides is 1. The molecule has 1 unspecified atom stereocenters. The van der Waals surface area contributed by atoms with E-state index in [1.165, 1.54) is 6.20 Å². The molecule has 3 N–H and O–H groups in total. The van der Waals surface area contributed by atoms with Crippen molar-refractivity contribution in [2.75, 3.05) is 24.7 Å². The van der Waals surface area contributed by atoms with Crippen molar-refractivity contribution in [2.45, 2.75) is 25.1 Å². The van der Waals surface area contributed by atoms with E-state index in [-0.39, 0.29) is 5.91 Å². The van der Waals surface area contributed by atoms with Crippen LogP contribution in [0.4, 0.5) is 15.9 Å². The van der Waals surface area contributed by atoms with Gasteiger partial charge >= 0.3 is 0 Å². The second-order valence-corrected chi connectivity index (χ2v) is 7.25. The molecular weight excluding hydrogens is 387 g/mol. The molecule has 0 radical (unpaired) electrons. The van der Waals surface area contributed by atoms with Gasteiger partial charge in [0.2, 0.25) is 0 Å². The van der Waals surface area contributed by atoms with E-state index in [0.29, 0.717) is 35.6 Å². The number of amides is 1. The molecule has 2 atom stereocenters. The lowest BCUT2D eigenvalue weighted by atomic mass is 9.90. The van der Waals surface area contributed by atoms with Gasteiger partial charge in [-0.2, -0.15) is 9.61 Å². The molecule has 1 amide bonds. The maximum Gasteiger partial charge on any atom is 0.257 e. The highest BCUT2D eigenvalue weighted by molar-refractivity contribution is 6.00. The topological polar surface area (TPSA) is 101 Å². The summed E-state index contributed by atoms with van der Waals surface area (Å²) in [5, 5.41) is 13.3. The Morgan fingerprint density at radius 2 is 2.07 bits per heavy atom. The fraction of sp³-hybridized carbons (Fsp3) is 0.300. The highest BCUT2D eigenvalue weighted by Gasteiger charge is 2.33. The Morgan fingerprint density at radius 1 is 1.20 bits per heavy atom. The quantitative estimate of drug-likeness (QED) is 0.469. The molecule has 0 bridgehead atoms. The average Bonchev–Trinajstić information content (AvgIpc) is 3.42. The summed E-state index contributed by atoms with van der Waals surface area (Å²) >= 11 is 0. The first-order chi connectivity index (χ1) is 14.6. The molecule has 1 fully saturated rings. The number of aromatic nitrogens is 5. The molecule has 10 heteroatoms. The van der Waals surface area contributed by atoms with Crippen molar-refractivity contribution in [3.63, 3.8) is 0 Å². The normalized spacial score (nSPS) is 18.4. The molecular formula is C20H21FN8O. The molecule has 0 aliphatic heterocycles. The summed E-state index contributed by atoms with van der Waals surface area (Å²) in [7, 11) is 3.62. The van der Waals surface area contributed by atoms with Crippen LogP contribution in [0, 0.1) is 0 Å². The number of carbonyl (C=O) groups is 1. The molecule has 4 aromatic rings. The first-order valence-corrected chi connectivity index (χ1v) is 9.76. The van der Waals surface area contributed by atoms with E-state index in [2.05, 4.69) is 26.0 Å². The van der Waals surface area contributed by atoms with Crippen molar-refractivity contribution < 1.29 is 9.18 Å². The lowest BCUT2D eigenvalue weighted by molar-refractivity contribution is 0.0826. The van der Waals surface area contributed by atoms with Crippen molar-refractivity contribution in [3.8, 4) is 11.4 Å². The Labute approximate surface area is 171 Å². The van der Waals surface area contributed by atoms with Crippen LogP contribution in [0.1, 0.15) is 23.2 Å². The first-order valence-electron chi connectivity index (χ1n) is 9.76. The monoisotopic (exact) mass is 408 g/mol. The maximum atomic E-state index is 13.6. The van der Waals surface area contributed by atoms with Gasteiger partial charge in [-0.25, -0.2) is 14.4 Å². The van der Waals surface area contributed by atoms with E-state index in [1.54, 1.807) is 17.8 Å². The third kappa shape index (κ3) is 2.75. The Balaban J connectivity index is 1.63. The Hall–Kier alpha value is -3.69. The molecule has 4 heterocycles. The van der Waals surface area contributed by atoms with Crippen LogP contribution in [0.5, 0.6) is 0 Å². The van der Waals surface area contributed by atoms with Crippen molar-refractivity contribution in [3.05, 3.63) is 42.4 Å². The van der Waals surface area contributed by atoms with Gasteiger partial charge in [-0.05, 0) is 25.0 Å². The Bertz CT molecular complexity index is 1260. The molecule has 1 aliphatic rings. The highest BCUT2D eigenvalue weighted by Crippen LogP contribution is 2.28. The van der Waals surface area contributed by atoms with Gasteiger partial charge in [0.05, 0.1) is 29.3 Å². The maximum absolute atomic E-state index is 13.6. The zero-order valence-corrected chi connectivity index (χ0v) is 16.6. The van der Waals surface area contributed by atoms with Crippen LogP contribution in [-0.2, 0) is 0 Å². The number of nitrogens with zero attached hydrogens (tertiary/aromatic N) is 5. The summed E-state index contributed by atoms with van der Waals surface area (Å²) in [6, 6.07) is 5.29. The van der Waals surface area contributed by atoms with Gasteiger partial charge in [0, 0.05) is 32.6 Å². The smallest absolute Gasteiger partial charge is 0.257 e. The third-order valence-corrected chi connectivity index (χ3v) is 5.56. The van der Waals surface area contributed by atoms with Gasteiger partial charge in [0.15, 0.2) is 11.3 Å². The largest absolute Gasteiger partial charge is 0.385 e. The number of halogens is 1. The highest BCUT2D eigenvalue weighted by atomic mass is 19.1. The molecule has 4 aromatic heterocycles. The van der Waals surface area contributed by atoms with Crippen LogP contribution in [0.15, 0.2) is 36.8 Å². The number of nitrogens with one attached hydrogen (secondary N) is 3. The van der Waals surface area contributed by atoms with Crippen molar-refractivity contribution in [1.82, 2.24) is 29.3 Å². The first kappa shape index (κ1) is 18.3. The summed E-state index contributed by atoms with van der Waals surface area (Å²) in [4.78, 5) is 21.9. The predicted molar refractivity (Wildman–Crippen MR) is 112 cm³/mol. The lowest BCUT2D eigenvalue weighted by Crippen LogP contribution is -2.48. The minimum atomic E-state index is -0.993. The van der Waals surface area contributed by atoms with Crippen molar-refractivity contribution in [1.29, 1.82) is 0 Å². The van der Waals surface area contributed by atoms with Gasteiger partial charge in [-0.1, -0.05) is 0 Å². The van der Waals surface area contributed by atoms with Crippen molar-refractivity contribution in [2.24, 2.45) is 0 Å². The second-order valence-electron chi connectivity index (χ2n) is 7.25. The number of imidazole rings is 1. The summed E-state index contributed by atoms with van der Waals surface area (Å²) in [6.45, 7) is 0. The Morgan fingerprint density at radius 3 is 2.77 bits per heavy atom. The van der Waals surface area contributed by atoms with Crippen LogP contribution in [0.3, 0.4) is 0 Å². The molecule has 154 valence electrons. The number of fused-ring (bicyclic) bond motifs is 2. The minimum Gasteiger partial charge on any atom is -0.385 e. The SMILES string of the molecule is CNc1ccc(-c2cc(NC)n3ncc(C(=O)NC4CC[C@@H]4F)c3n2)n2ccnc12. The zero-order valence-electron chi connectivity index (χ0n) is 16.6. The van der Waals surface area contributed by atoms with Gasteiger partial charge < -0.3 is 16.0 Å². The number of hydrogen-bond acceptors (Lipinski definition) is 6. The average molecular weight is 408 g/mol. The molecule has 0 aromatic carbocycles. The van der Waals surface area contributed by atoms with Crippen LogP contribution in [-0.4, -0.2) is 56.2 Å². The standard InChI is InChI=1S/C20H21FN8O/c1-22-14-5-6-16(28-8-7-24-19(14)28)15-9-17(23-2)29-18(26-15)11(10-25-29)20(30)27-13-4-3-12(13)21/h5-10,12-13,22-23H,3-4H2,1-2H3,(H,27,30)/t12-,13?/m0/s1. The number of carbonyl (C=O) groups excluding carboxylic acids is 1. The van der Waals surface area contributed by atoms with Crippen LogP contribution < -0.4 is 16.0 Å². The molecule has 1 saturated carbocycles. The number of rotatable bonds is 5. The van der Waals surface area contributed by atoms with Crippen LogP contribution in [0.2, 0.25) is 0 Å². The number of hydrogen-bond donors (Lipinski definition) is 3. The summed E-state index contributed by atoms with van der Waals surface area (Å²) in [5.41, 5.74) is 3.84. The van der Waals surface area contributed by atoms with E-state index in [1.807, 2.05) is 35.8 Å². The molecule has 0 saturated heterocycles. The van der Waals surface area contributed by atoms with E-state index < -0.39 is 12.2 Å². The Kier molecular flexibility index (Phi) is 4.27. The molecule has 9 nitrogen and oxygen atoms in total. The molecule has 30 heavy (non-hydrogen) atoms. The van der Waals surface area contributed by atoms with E-state index >= 15 is 0 Å². The predicted octanol–water partition coefficient (Wildman–Crippen LogP) is 2.36. The van der Waals surface area contributed by atoms with Crippen LogP contribution >= 0.6 is 0 Å². The zero-order chi connectivity index (χ0) is 20.8. The van der Waals surface area contributed by atoms with Crippen LogP contribution in [0.25, 0.3) is 22.7 Å². The third-order valence-electron chi connectivity index (χ3n) is 5.56. The van der Waals surface area contributed by atoms with E-state index in [4.69, 9.17) is 4.98 Å². The summed E-state index contributed by atoms with van der Waals surface area (Å²) < 4.78 is 17.1. The number of pyridine rings is 1. The second kappa shape index (κ2) is 6.97. The van der Waals surface area contributed by atoms with Gasteiger partial charge in [0.1, 0.15) is 17.6 Å². The molecule has 5 rings (SSSR count). The molecule has 1 aliphatic carbocycles. The van der Waals surface area contributed by atoms with E-state index in [9.17, 15) is 9.18 Å². The summed E-state index contributed by atoms with van der Waals surface area (Å²) in [5.74, 6) is 0.300. The molecule has 0 spiro atoms. The van der Waals surface area contributed by atoms with Gasteiger partial charge in [-0.3, -0.25) is 9.20 Å². The van der Waals surface area contributed by atoms with E-state index in [0.717, 1.165) is 17.0 Å². The number of anilines is 2. The van der Waals surface area contributed by atoms with Gasteiger partial charge in [-0.15, -0.1) is 0 Å². The van der Waals surface area contributed by atoms with Gasteiger partial charge in [0.25, 0.3) is 5.91 Å². The fourth-order valence-electron chi connectivity index (χ4n) is 3.72. The minimum absolute atomic E-state index is 0.307. The lowest BCUT2D eigenvalue weighted by Gasteiger charge is -2.30.